The summed E-state index contributed by atoms with van der Waals surface area (Å²) in [5, 5.41) is 6.07. The number of piperazine rings is 1. The molecule has 0 atom stereocenters. The molecular weight excluding hydrogens is 322 g/mol. The number of guanidine groups is 1. The van der Waals surface area contributed by atoms with E-state index in [4.69, 9.17) is 4.42 Å². The predicted molar refractivity (Wildman–Crippen MR) is 95.4 cm³/mol. The van der Waals surface area contributed by atoms with Crippen molar-refractivity contribution in [1.29, 1.82) is 0 Å². The van der Waals surface area contributed by atoms with Gasteiger partial charge in [0.25, 0.3) is 5.91 Å². The first-order chi connectivity index (χ1) is 12.0. The van der Waals surface area contributed by atoms with Crippen LogP contribution in [0.5, 0.6) is 0 Å². The zero-order valence-electron chi connectivity index (χ0n) is 15.1. The van der Waals surface area contributed by atoms with E-state index in [0.29, 0.717) is 44.9 Å². The predicted octanol–water partition coefficient (Wildman–Crippen LogP) is 0.528. The van der Waals surface area contributed by atoms with Crippen molar-refractivity contribution in [2.45, 2.75) is 26.3 Å². The van der Waals surface area contributed by atoms with Gasteiger partial charge in [-0.1, -0.05) is 0 Å². The van der Waals surface area contributed by atoms with Crippen LogP contribution in [0, 0.1) is 0 Å². The zero-order chi connectivity index (χ0) is 18.2. The van der Waals surface area contributed by atoms with Crippen LogP contribution in [0.25, 0.3) is 0 Å². The summed E-state index contributed by atoms with van der Waals surface area (Å²) >= 11 is 0. The average molecular weight is 349 g/mol. The number of aliphatic imine (C=N–C) groups is 1. The van der Waals surface area contributed by atoms with E-state index in [1.807, 2.05) is 13.8 Å². The molecule has 1 aliphatic heterocycles. The lowest BCUT2D eigenvalue weighted by Gasteiger charge is -2.36. The normalized spacial score (nSPS) is 15.4. The van der Waals surface area contributed by atoms with Gasteiger partial charge in [0.05, 0.1) is 6.26 Å². The highest BCUT2D eigenvalue weighted by atomic mass is 16.3. The van der Waals surface area contributed by atoms with Gasteiger partial charge in [0.2, 0.25) is 5.91 Å². The first kappa shape index (κ1) is 18.8. The van der Waals surface area contributed by atoms with E-state index in [1.165, 1.54) is 6.26 Å². The largest absolute Gasteiger partial charge is 0.459 e. The van der Waals surface area contributed by atoms with Gasteiger partial charge in [0.1, 0.15) is 0 Å². The van der Waals surface area contributed by atoms with E-state index >= 15 is 0 Å². The highest BCUT2D eigenvalue weighted by Crippen LogP contribution is 2.09. The van der Waals surface area contributed by atoms with Crippen LogP contribution >= 0.6 is 0 Å². The molecule has 1 aromatic rings. The Kier molecular flexibility index (Phi) is 6.85. The molecule has 0 aliphatic carbocycles. The van der Waals surface area contributed by atoms with Crippen LogP contribution in [0.15, 0.2) is 27.8 Å². The van der Waals surface area contributed by atoms with Crippen molar-refractivity contribution in [3.8, 4) is 0 Å². The molecule has 0 saturated carbocycles. The third kappa shape index (κ3) is 5.51. The van der Waals surface area contributed by atoms with Crippen LogP contribution in [0.3, 0.4) is 0 Å². The van der Waals surface area contributed by atoms with Crippen LogP contribution in [-0.4, -0.2) is 73.4 Å². The van der Waals surface area contributed by atoms with E-state index < -0.39 is 0 Å². The Hall–Kier alpha value is -2.51. The van der Waals surface area contributed by atoms with Gasteiger partial charge in [-0.15, -0.1) is 0 Å². The van der Waals surface area contributed by atoms with Crippen LogP contribution in [-0.2, 0) is 4.79 Å². The monoisotopic (exact) mass is 349 g/mol. The summed E-state index contributed by atoms with van der Waals surface area (Å²) in [5.74, 6) is 1.05. The fraction of sp³-hybridized carbons (Fsp3) is 0.588. The van der Waals surface area contributed by atoms with Crippen molar-refractivity contribution in [1.82, 2.24) is 20.4 Å². The third-order valence-electron chi connectivity index (χ3n) is 3.90. The smallest absolute Gasteiger partial charge is 0.289 e. The molecule has 25 heavy (non-hydrogen) atoms. The second-order valence-electron chi connectivity index (χ2n) is 6.20. The molecule has 1 aliphatic rings. The average Bonchev–Trinajstić information content (AvgIpc) is 3.12. The molecule has 1 fully saturated rings. The lowest BCUT2D eigenvalue weighted by atomic mass is 10.3. The topological polar surface area (TPSA) is 90.2 Å². The van der Waals surface area contributed by atoms with Crippen LogP contribution in [0.2, 0.25) is 0 Å². The molecule has 2 heterocycles. The highest BCUT2D eigenvalue weighted by Gasteiger charge is 2.25. The summed E-state index contributed by atoms with van der Waals surface area (Å²) in [4.78, 5) is 32.1. The molecular formula is C17H27N5O3. The van der Waals surface area contributed by atoms with E-state index in [9.17, 15) is 9.59 Å². The zero-order valence-corrected chi connectivity index (χ0v) is 15.1. The van der Waals surface area contributed by atoms with Crippen LogP contribution in [0.1, 0.15) is 30.8 Å². The maximum Gasteiger partial charge on any atom is 0.289 e. The Morgan fingerprint density at radius 2 is 1.92 bits per heavy atom. The summed E-state index contributed by atoms with van der Waals surface area (Å²) in [6.07, 6.45) is 1.90. The number of carbonyl (C=O) groups is 2. The van der Waals surface area contributed by atoms with Gasteiger partial charge in [-0.25, -0.2) is 0 Å². The lowest BCUT2D eigenvalue weighted by molar-refractivity contribution is -0.121. The lowest BCUT2D eigenvalue weighted by Crippen LogP contribution is -2.54. The molecule has 1 saturated heterocycles. The molecule has 2 amide bonds. The van der Waals surface area contributed by atoms with E-state index in [-0.39, 0.29) is 17.9 Å². The van der Waals surface area contributed by atoms with E-state index in [2.05, 4.69) is 20.5 Å². The van der Waals surface area contributed by atoms with Crippen molar-refractivity contribution >= 4 is 17.8 Å². The second-order valence-corrected chi connectivity index (χ2v) is 6.20. The summed E-state index contributed by atoms with van der Waals surface area (Å²) < 4.78 is 5.17. The molecule has 2 rings (SSSR count). The van der Waals surface area contributed by atoms with Gasteiger partial charge in [-0.2, -0.15) is 0 Å². The van der Waals surface area contributed by atoms with Gasteiger partial charge in [-0.05, 0) is 26.0 Å². The number of amides is 2. The number of nitrogens with zero attached hydrogens (tertiary/aromatic N) is 3. The molecule has 0 unspecified atom stereocenters. The number of rotatable bonds is 5. The Morgan fingerprint density at radius 1 is 1.24 bits per heavy atom. The maximum atomic E-state index is 12.3. The molecule has 138 valence electrons. The van der Waals surface area contributed by atoms with Gasteiger partial charge >= 0.3 is 0 Å². The minimum Gasteiger partial charge on any atom is -0.459 e. The number of hydrogen-bond donors (Lipinski definition) is 2. The van der Waals surface area contributed by atoms with Gasteiger partial charge in [0, 0.05) is 52.2 Å². The molecule has 0 bridgehead atoms. The molecule has 2 N–H and O–H groups in total. The molecule has 0 spiro atoms. The van der Waals surface area contributed by atoms with E-state index in [1.54, 1.807) is 24.1 Å². The van der Waals surface area contributed by atoms with Crippen molar-refractivity contribution in [2.75, 3.05) is 39.8 Å². The fourth-order valence-corrected chi connectivity index (χ4v) is 2.69. The Labute approximate surface area is 148 Å². The Morgan fingerprint density at radius 3 is 2.48 bits per heavy atom. The highest BCUT2D eigenvalue weighted by molar-refractivity contribution is 5.91. The van der Waals surface area contributed by atoms with Crippen LogP contribution < -0.4 is 10.6 Å². The quantitative estimate of drug-likeness (QED) is 0.598. The molecule has 8 nitrogen and oxygen atoms in total. The summed E-state index contributed by atoms with van der Waals surface area (Å²) in [7, 11) is 1.72. The second kappa shape index (κ2) is 9.10. The van der Waals surface area contributed by atoms with Crippen LogP contribution in [0.4, 0.5) is 0 Å². The van der Waals surface area contributed by atoms with Gasteiger partial charge in [-0.3, -0.25) is 14.6 Å². The fourth-order valence-electron chi connectivity index (χ4n) is 2.69. The summed E-state index contributed by atoms with van der Waals surface area (Å²) in [6, 6.07) is 3.54. The minimum absolute atomic E-state index is 0.0202. The van der Waals surface area contributed by atoms with Gasteiger partial charge < -0.3 is 24.9 Å². The number of carbonyl (C=O) groups excluding carboxylic acids is 2. The number of hydrogen-bond acceptors (Lipinski definition) is 4. The standard InChI is InChI=1S/C17H27N5O3/c1-13(2)20-15(23)6-7-19-17(18-3)22-10-8-21(9-11-22)16(24)14-5-4-12-25-14/h4-5,12-13H,6-11H2,1-3H3,(H,18,19)(H,20,23). The summed E-state index contributed by atoms with van der Waals surface area (Å²) in [6.45, 7) is 6.98. The Balaban J connectivity index is 1.76. The third-order valence-corrected chi connectivity index (χ3v) is 3.90. The number of furan rings is 1. The SMILES string of the molecule is CN=C(NCCC(=O)NC(C)C)N1CCN(C(=O)c2ccco2)CC1. The first-order valence-electron chi connectivity index (χ1n) is 8.59. The Bertz CT molecular complexity index is 589. The number of nitrogens with one attached hydrogen (secondary N) is 2. The molecule has 0 radical (unpaired) electrons. The van der Waals surface area contributed by atoms with Crippen molar-refractivity contribution in [3.63, 3.8) is 0 Å². The van der Waals surface area contributed by atoms with Crippen molar-refractivity contribution in [2.24, 2.45) is 4.99 Å². The van der Waals surface area contributed by atoms with Crippen molar-refractivity contribution in [3.05, 3.63) is 24.2 Å². The first-order valence-corrected chi connectivity index (χ1v) is 8.59. The maximum absolute atomic E-state index is 12.3. The molecule has 0 aromatic carbocycles. The van der Waals surface area contributed by atoms with Gasteiger partial charge in [0.15, 0.2) is 11.7 Å². The minimum atomic E-state index is -0.0852. The molecule has 8 heteroatoms. The van der Waals surface area contributed by atoms with Crippen molar-refractivity contribution < 1.29 is 14.0 Å². The van der Waals surface area contributed by atoms with E-state index in [0.717, 1.165) is 5.96 Å². The summed E-state index contributed by atoms with van der Waals surface area (Å²) in [5.41, 5.74) is 0. The molecule has 1 aromatic heterocycles.